The third-order valence-corrected chi connectivity index (χ3v) is 5.21. The lowest BCUT2D eigenvalue weighted by molar-refractivity contribution is -0.145. The van der Waals surface area contributed by atoms with Crippen LogP contribution in [0.4, 0.5) is 0 Å². The summed E-state index contributed by atoms with van der Waals surface area (Å²) in [4.78, 5) is 26.7. The number of aliphatic carboxylic acids is 1. The van der Waals surface area contributed by atoms with Gasteiger partial charge in [-0.05, 0) is 57.2 Å². The molecule has 1 aliphatic heterocycles. The van der Waals surface area contributed by atoms with Gasteiger partial charge in [0.15, 0.2) is 0 Å². The van der Waals surface area contributed by atoms with Crippen molar-refractivity contribution < 1.29 is 19.4 Å². The van der Waals surface area contributed by atoms with Gasteiger partial charge in [0.1, 0.15) is 12.3 Å². The first kappa shape index (κ1) is 21.2. The Hall–Kier alpha value is -2.08. The Morgan fingerprint density at radius 2 is 1.93 bits per heavy atom. The van der Waals surface area contributed by atoms with Crippen LogP contribution in [0.5, 0.6) is 5.75 Å². The van der Waals surface area contributed by atoms with E-state index in [9.17, 15) is 9.59 Å². The average molecular weight is 376 g/mol. The number of para-hydroxylation sites is 1. The van der Waals surface area contributed by atoms with Crippen LogP contribution in [-0.4, -0.2) is 65.6 Å². The fraction of sp³-hybridized carbons (Fsp3) is 0.619. The lowest BCUT2D eigenvalue weighted by atomic mass is 10.1. The third kappa shape index (κ3) is 6.54. The molecule has 27 heavy (non-hydrogen) atoms. The number of nitrogens with zero attached hydrogens (tertiary/aromatic N) is 2. The molecule has 0 aromatic heterocycles. The highest BCUT2D eigenvalue weighted by Crippen LogP contribution is 2.22. The minimum atomic E-state index is -0.949. The molecule has 1 amide bonds. The Bertz CT molecular complexity index is 627. The Labute approximate surface area is 162 Å². The molecular weight excluding hydrogens is 344 g/mol. The first-order valence-corrected chi connectivity index (χ1v) is 9.79. The number of carboxylic acids is 1. The standard InChI is InChI=1S/C21H32N2O4/c1-16-7-4-8-17(2)21(16)27-14-6-12-22-11-5-9-19(10-13-22)23(18(3)24)15-20(25)26/h4,7-8,19H,5-6,9-15H2,1-3H3,(H,25,26). The molecule has 6 nitrogen and oxygen atoms in total. The van der Waals surface area contributed by atoms with Gasteiger partial charge in [-0.2, -0.15) is 0 Å². The van der Waals surface area contributed by atoms with Gasteiger partial charge in [0.25, 0.3) is 0 Å². The summed E-state index contributed by atoms with van der Waals surface area (Å²) in [5.74, 6) is -0.119. The number of rotatable bonds is 8. The predicted octanol–water partition coefficient (Wildman–Crippen LogP) is 2.86. The summed E-state index contributed by atoms with van der Waals surface area (Å²) in [5, 5.41) is 9.04. The number of benzene rings is 1. The molecule has 0 saturated carbocycles. The number of hydrogen-bond acceptors (Lipinski definition) is 4. The minimum Gasteiger partial charge on any atom is -0.493 e. The van der Waals surface area contributed by atoms with Crippen molar-refractivity contribution in [2.45, 2.75) is 52.5 Å². The molecule has 1 saturated heterocycles. The largest absolute Gasteiger partial charge is 0.493 e. The summed E-state index contributed by atoms with van der Waals surface area (Å²) in [6, 6.07) is 6.19. The second kappa shape index (κ2) is 10.3. The van der Waals surface area contributed by atoms with E-state index in [1.54, 1.807) is 0 Å². The van der Waals surface area contributed by atoms with E-state index in [1.165, 1.54) is 11.8 Å². The van der Waals surface area contributed by atoms with Crippen molar-refractivity contribution in [2.75, 3.05) is 32.8 Å². The lowest BCUT2D eigenvalue weighted by Gasteiger charge is -2.29. The average Bonchev–Trinajstić information content (AvgIpc) is 2.84. The fourth-order valence-electron chi connectivity index (χ4n) is 3.81. The van der Waals surface area contributed by atoms with Crippen LogP contribution >= 0.6 is 0 Å². The molecule has 0 bridgehead atoms. The summed E-state index contributed by atoms with van der Waals surface area (Å²) in [6.07, 6.45) is 3.61. The number of ether oxygens (including phenoxy) is 1. The Morgan fingerprint density at radius 3 is 2.56 bits per heavy atom. The van der Waals surface area contributed by atoms with E-state index < -0.39 is 5.97 Å². The number of carbonyl (C=O) groups excluding carboxylic acids is 1. The van der Waals surface area contributed by atoms with E-state index in [0.717, 1.165) is 62.2 Å². The van der Waals surface area contributed by atoms with E-state index in [4.69, 9.17) is 9.84 Å². The van der Waals surface area contributed by atoms with Crippen molar-refractivity contribution >= 4 is 11.9 Å². The van der Waals surface area contributed by atoms with Crippen LogP contribution < -0.4 is 4.74 Å². The third-order valence-electron chi connectivity index (χ3n) is 5.21. The molecule has 2 rings (SSSR count). The molecule has 1 N–H and O–H groups in total. The summed E-state index contributed by atoms with van der Waals surface area (Å²) >= 11 is 0. The Balaban J connectivity index is 1.77. The number of aryl methyl sites for hydroxylation is 2. The number of carboxylic acid groups (broad SMARTS) is 1. The zero-order chi connectivity index (χ0) is 19.8. The van der Waals surface area contributed by atoms with Crippen LogP contribution in [-0.2, 0) is 9.59 Å². The number of amides is 1. The monoisotopic (exact) mass is 376 g/mol. The van der Waals surface area contributed by atoms with Gasteiger partial charge in [0.05, 0.1) is 6.61 Å². The van der Waals surface area contributed by atoms with Crippen molar-refractivity contribution in [3.05, 3.63) is 29.3 Å². The molecule has 6 heteroatoms. The van der Waals surface area contributed by atoms with E-state index in [1.807, 2.05) is 6.07 Å². The van der Waals surface area contributed by atoms with Crippen LogP contribution in [0, 0.1) is 13.8 Å². The highest BCUT2D eigenvalue weighted by Gasteiger charge is 2.25. The topological polar surface area (TPSA) is 70.1 Å². The van der Waals surface area contributed by atoms with Crippen molar-refractivity contribution in [2.24, 2.45) is 0 Å². The lowest BCUT2D eigenvalue weighted by Crippen LogP contribution is -2.42. The molecule has 1 aromatic carbocycles. The molecule has 1 heterocycles. The molecule has 1 aromatic rings. The van der Waals surface area contributed by atoms with Gasteiger partial charge in [-0.1, -0.05) is 18.2 Å². The smallest absolute Gasteiger partial charge is 0.323 e. The minimum absolute atomic E-state index is 0.0227. The van der Waals surface area contributed by atoms with Crippen LogP contribution in [0.15, 0.2) is 18.2 Å². The summed E-state index contributed by atoms with van der Waals surface area (Å²) in [5.41, 5.74) is 2.32. The maximum absolute atomic E-state index is 11.8. The normalized spacial score (nSPS) is 18.0. The SMILES string of the molecule is CC(=O)N(CC(=O)O)C1CCCN(CCCOc2c(C)cccc2C)CC1. The second-order valence-electron chi connectivity index (χ2n) is 7.39. The number of hydrogen-bond donors (Lipinski definition) is 1. The summed E-state index contributed by atoms with van der Waals surface area (Å²) < 4.78 is 5.98. The van der Waals surface area contributed by atoms with Gasteiger partial charge in [-0.15, -0.1) is 0 Å². The van der Waals surface area contributed by atoms with Gasteiger partial charge in [-0.3, -0.25) is 9.59 Å². The number of likely N-dealkylation sites (tertiary alicyclic amines) is 1. The first-order chi connectivity index (χ1) is 12.9. The van der Waals surface area contributed by atoms with Crippen molar-refractivity contribution in [1.29, 1.82) is 0 Å². The maximum Gasteiger partial charge on any atom is 0.323 e. The zero-order valence-electron chi connectivity index (χ0n) is 16.7. The van der Waals surface area contributed by atoms with Crippen LogP contribution in [0.1, 0.15) is 43.7 Å². The predicted molar refractivity (Wildman–Crippen MR) is 105 cm³/mol. The van der Waals surface area contributed by atoms with E-state index in [2.05, 4.69) is 30.9 Å². The van der Waals surface area contributed by atoms with Crippen LogP contribution in [0.2, 0.25) is 0 Å². The van der Waals surface area contributed by atoms with E-state index in [-0.39, 0.29) is 18.5 Å². The molecular formula is C21H32N2O4. The molecule has 1 aliphatic rings. The zero-order valence-corrected chi connectivity index (χ0v) is 16.7. The molecule has 0 aliphatic carbocycles. The Morgan fingerprint density at radius 1 is 1.22 bits per heavy atom. The molecule has 0 radical (unpaired) electrons. The van der Waals surface area contributed by atoms with Crippen LogP contribution in [0.3, 0.4) is 0 Å². The van der Waals surface area contributed by atoms with Gasteiger partial charge in [-0.25, -0.2) is 0 Å². The summed E-state index contributed by atoms with van der Waals surface area (Å²) in [6.45, 7) is 8.89. The van der Waals surface area contributed by atoms with E-state index >= 15 is 0 Å². The molecule has 0 spiro atoms. The number of carbonyl (C=O) groups is 2. The molecule has 150 valence electrons. The molecule has 1 unspecified atom stereocenters. The first-order valence-electron chi connectivity index (χ1n) is 9.79. The van der Waals surface area contributed by atoms with Gasteiger partial charge in [0, 0.05) is 26.1 Å². The van der Waals surface area contributed by atoms with Gasteiger partial charge in [0.2, 0.25) is 5.91 Å². The van der Waals surface area contributed by atoms with Crippen molar-refractivity contribution in [3.8, 4) is 5.75 Å². The van der Waals surface area contributed by atoms with Gasteiger partial charge < -0.3 is 19.6 Å². The van der Waals surface area contributed by atoms with Crippen LogP contribution in [0.25, 0.3) is 0 Å². The molecule has 1 atom stereocenters. The summed E-state index contributed by atoms with van der Waals surface area (Å²) in [7, 11) is 0. The highest BCUT2D eigenvalue weighted by molar-refractivity contribution is 5.79. The second-order valence-corrected chi connectivity index (χ2v) is 7.39. The quantitative estimate of drug-likeness (QED) is 0.707. The van der Waals surface area contributed by atoms with Crippen molar-refractivity contribution in [3.63, 3.8) is 0 Å². The van der Waals surface area contributed by atoms with Gasteiger partial charge >= 0.3 is 5.97 Å². The van der Waals surface area contributed by atoms with Crippen molar-refractivity contribution in [1.82, 2.24) is 9.80 Å². The highest BCUT2D eigenvalue weighted by atomic mass is 16.5. The van der Waals surface area contributed by atoms with E-state index in [0.29, 0.717) is 6.61 Å². The Kier molecular flexibility index (Phi) is 8.10. The fourth-order valence-corrected chi connectivity index (χ4v) is 3.81. The molecule has 1 fully saturated rings. The maximum atomic E-state index is 11.8.